The molecule has 2 aliphatic rings. The number of Topliss-reactive ketones (excluding diaryl/α,β-unsaturated/α-hetero) is 1. The van der Waals surface area contributed by atoms with Crippen LogP contribution in [0.3, 0.4) is 0 Å². The molecule has 36 heavy (non-hydrogen) atoms. The summed E-state index contributed by atoms with van der Waals surface area (Å²) in [4.78, 5) is 43.3. The number of allylic oxidation sites excluding steroid dienone is 1. The fourth-order valence-corrected chi connectivity index (χ4v) is 6.27. The van der Waals surface area contributed by atoms with Crippen molar-refractivity contribution in [2.24, 2.45) is 28.6 Å². The number of aliphatic hydroxyl groups excluding tert-OH is 1. The van der Waals surface area contributed by atoms with Gasteiger partial charge >= 0.3 is 12.1 Å². The zero-order valence-corrected chi connectivity index (χ0v) is 22.7. The van der Waals surface area contributed by atoms with E-state index in [0.717, 1.165) is 0 Å². The molecule has 2 fully saturated rings. The van der Waals surface area contributed by atoms with Gasteiger partial charge in [0.15, 0.2) is 11.4 Å². The molecule has 0 spiro atoms. The predicted molar refractivity (Wildman–Crippen MR) is 130 cm³/mol. The van der Waals surface area contributed by atoms with Crippen LogP contribution in [0.1, 0.15) is 74.1 Å². The van der Waals surface area contributed by atoms with Crippen LogP contribution in [0.4, 0.5) is 4.79 Å². The number of ether oxygens (including phenoxy) is 2. The summed E-state index contributed by atoms with van der Waals surface area (Å²) < 4.78 is 10.5. The second-order valence-corrected chi connectivity index (χ2v) is 11.9. The second kappa shape index (κ2) is 10.0. The second-order valence-electron chi connectivity index (χ2n) is 11.9. The Morgan fingerprint density at radius 3 is 2.31 bits per heavy atom. The van der Waals surface area contributed by atoms with E-state index in [1.807, 2.05) is 19.3 Å². The van der Waals surface area contributed by atoms with E-state index in [-0.39, 0.29) is 25.2 Å². The van der Waals surface area contributed by atoms with Crippen LogP contribution in [0, 0.1) is 28.6 Å². The van der Waals surface area contributed by atoms with Gasteiger partial charge in [0.05, 0.1) is 11.5 Å². The molecule has 4 N–H and O–H groups in total. The summed E-state index contributed by atoms with van der Waals surface area (Å²) in [7, 11) is 1.30. The average molecular weight is 514 g/mol. The van der Waals surface area contributed by atoms with Crippen LogP contribution in [-0.4, -0.2) is 63.4 Å². The smallest absolute Gasteiger partial charge is 0.414 e. The van der Waals surface area contributed by atoms with Crippen molar-refractivity contribution in [1.29, 1.82) is 0 Å². The fraction of sp³-hybridized carbons (Fsp3) is 0.808. The molecule has 0 aromatic rings. The number of fused-ring (bicyclic) bond motifs is 1. The van der Waals surface area contributed by atoms with E-state index < -0.39 is 63.6 Å². The lowest BCUT2D eigenvalue weighted by molar-refractivity contribution is -0.362. The molecular formula is C26H43NO9. The first kappa shape index (κ1) is 30.2. The van der Waals surface area contributed by atoms with E-state index in [1.54, 1.807) is 19.9 Å². The molecule has 2 saturated carbocycles. The van der Waals surface area contributed by atoms with Crippen LogP contribution >= 0.6 is 0 Å². The maximum absolute atomic E-state index is 13.7. The molecule has 0 heterocycles. The zero-order valence-electron chi connectivity index (χ0n) is 22.7. The SMILES string of the molecule is C=C[C@@H](C)CC(=O)[C@]1(O)[C@@H](C)C[C@H](O)[C@H]2C(C)(C)CC[C@](O)(OC(=O)NOC(=O)C(C)(C)OC)[C@@]21C. The molecule has 206 valence electrons. The first-order chi connectivity index (χ1) is 16.3. The lowest BCUT2D eigenvalue weighted by atomic mass is 9.41. The molecule has 10 heteroatoms. The number of rotatable bonds is 7. The molecule has 7 atom stereocenters. The van der Waals surface area contributed by atoms with Gasteiger partial charge in [-0.3, -0.25) is 4.79 Å². The van der Waals surface area contributed by atoms with Crippen LogP contribution in [0.5, 0.6) is 0 Å². The van der Waals surface area contributed by atoms with Crippen molar-refractivity contribution < 1.29 is 44.0 Å². The summed E-state index contributed by atoms with van der Waals surface area (Å²) in [5, 5.41) is 35.3. The van der Waals surface area contributed by atoms with E-state index in [1.165, 1.54) is 27.9 Å². The zero-order chi connectivity index (χ0) is 27.9. The van der Waals surface area contributed by atoms with Gasteiger partial charge in [-0.25, -0.2) is 9.59 Å². The minimum absolute atomic E-state index is 0.0465. The van der Waals surface area contributed by atoms with Gasteiger partial charge < -0.3 is 29.6 Å². The maximum Gasteiger partial charge on any atom is 0.443 e. The Bertz CT molecular complexity index is 887. The molecule has 2 aliphatic carbocycles. The highest BCUT2D eigenvalue weighted by Gasteiger charge is 2.76. The topological polar surface area (TPSA) is 152 Å². The Morgan fingerprint density at radius 1 is 1.19 bits per heavy atom. The molecule has 10 nitrogen and oxygen atoms in total. The van der Waals surface area contributed by atoms with Crippen molar-refractivity contribution in [2.75, 3.05) is 7.11 Å². The summed E-state index contributed by atoms with van der Waals surface area (Å²) in [6.07, 6.45) is -0.394. The standard InChI is InChI=1S/C26H43NO9/c1-10-15(2)13-18(29)26(33)16(3)14-17(28)19-22(4,5)11-12-25(32,24(19,26)8)35-21(31)27-36-20(30)23(6,7)34-9/h10,15-17,19,28,32-33H,1,11-14H2,2-9H3,(H,27,31)/t15-,16+,17+,19+,24-,25+,26-/m1/s1. The summed E-state index contributed by atoms with van der Waals surface area (Å²) in [5.41, 5.74) is -4.06. The van der Waals surface area contributed by atoms with Crippen LogP contribution in [0.25, 0.3) is 0 Å². The number of hydroxylamine groups is 1. The number of amides is 1. The quantitative estimate of drug-likeness (QED) is 0.229. The third kappa shape index (κ3) is 4.80. The minimum Gasteiger partial charge on any atom is -0.414 e. The molecule has 0 aliphatic heterocycles. The van der Waals surface area contributed by atoms with Crippen molar-refractivity contribution in [3.05, 3.63) is 12.7 Å². The van der Waals surface area contributed by atoms with Crippen LogP contribution in [0.2, 0.25) is 0 Å². The van der Waals surface area contributed by atoms with Gasteiger partial charge in [0.2, 0.25) is 5.79 Å². The van der Waals surface area contributed by atoms with E-state index in [4.69, 9.17) is 14.3 Å². The highest BCUT2D eigenvalue weighted by molar-refractivity contribution is 5.89. The minimum atomic E-state index is -2.38. The van der Waals surface area contributed by atoms with Gasteiger partial charge in [-0.15, -0.1) is 12.1 Å². The molecule has 0 aromatic heterocycles. The molecule has 1 amide bonds. The van der Waals surface area contributed by atoms with E-state index in [2.05, 4.69) is 6.58 Å². The average Bonchev–Trinajstić information content (AvgIpc) is 2.78. The van der Waals surface area contributed by atoms with E-state index >= 15 is 0 Å². The summed E-state index contributed by atoms with van der Waals surface area (Å²) >= 11 is 0. The van der Waals surface area contributed by atoms with Gasteiger partial charge in [-0.2, -0.15) is 0 Å². The highest BCUT2D eigenvalue weighted by Crippen LogP contribution is 2.66. The molecular weight excluding hydrogens is 470 g/mol. The number of carbonyl (C=O) groups excluding carboxylic acids is 3. The summed E-state index contributed by atoms with van der Waals surface area (Å²) in [5.74, 6) is -5.64. The largest absolute Gasteiger partial charge is 0.443 e. The van der Waals surface area contributed by atoms with Crippen molar-refractivity contribution in [3.8, 4) is 0 Å². The van der Waals surface area contributed by atoms with E-state index in [9.17, 15) is 29.7 Å². The number of methoxy groups -OCH3 is 1. The number of ketones is 1. The van der Waals surface area contributed by atoms with Crippen molar-refractivity contribution >= 4 is 17.8 Å². The van der Waals surface area contributed by atoms with Crippen LogP contribution in [-0.2, 0) is 23.9 Å². The molecule has 0 unspecified atom stereocenters. The third-order valence-corrected chi connectivity index (χ3v) is 8.69. The van der Waals surface area contributed by atoms with Gasteiger partial charge in [0.1, 0.15) is 5.60 Å². The lowest BCUT2D eigenvalue weighted by Gasteiger charge is -2.67. The molecule has 0 saturated heterocycles. The Hall–Kier alpha value is -2.01. The number of hydrogen-bond donors (Lipinski definition) is 4. The molecule has 0 aromatic carbocycles. The number of nitrogens with one attached hydrogen (secondary N) is 1. The van der Waals surface area contributed by atoms with Gasteiger partial charge in [-0.1, -0.05) is 33.8 Å². The summed E-state index contributed by atoms with van der Waals surface area (Å²) in [6.45, 7) is 15.3. The molecule has 2 rings (SSSR count). The van der Waals surface area contributed by atoms with Crippen LogP contribution in [0.15, 0.2) is 12.7 Å². The molecule has 0 bridgehead atoms. The first-order valence-electron chi connectivity index (χ1n) is 12.4. The Morgan fingerprint density at radius 2 is 1.78 bits per heavy atom. The van der Waals surface area contributed by atoms with Crippen molar-refractivity contribution in [3.63, 3.8) is 0 Å². The maximum atomic E-state index is 13.7. The lowest BCUT2D eigenvalue weighted by Crippen LogP contribution is -2.78. The fourth-order valence-electron chi connectivity index (χ4n) is 6.27. The Labute approximate surface area is 213 Å². The monoisotopic (exact) mass is 513 g/mol. The molecule has 0 radical (unpaired) electrons. The van der Waals surface area contributed by atoms with Crippen molar-refractivity contribution in [2.45, 2.75) is 97.2 Å². The third-order valence-electron chi connectivity index (χ3n) is 8.69. The Balaban J connectivity index is 2.52. The van der Waals surface area contributed by atoms with Gasteiger partial charge in [0.25, 0.3) is 0 Å². The number of carbonyl (C=O) groups is 3. The van der Waals surface area contributed by atoms with Crippen molar-refractivity contribution in [1.82, 2.24) is 5.48 Å². The van der Waals surface area contributed by atoms with Gasteiger partial charge in [-0.05, 0) is 50.9 Å². The predicted octanol–water partition coefficient (Wildman–Crippen LogP) is 2.64. The summed E-state index contributed by atoms with van der Waals surface area (Å²) in [6, 6.07) is 0. The van der Waals surface area contributed by atoms with Crippen LogP contribution < -0.4 is 5.48 Å². The van der Waals surface area contributed by atoms with E-state index in [0.29, 0.717) is 6.42 Å². The number of hydrogen-bond acceptors (Lipinski definition) is 9. The Kier molecular flexibility index (Phi) is 8.43. The van der Waals surface area contributed by atoms with Gasteiger partial charge in [0, 0.05) is 25.9 Å². The highest BCUT2D eigenvalue weighted by atomic mass is 16.8. The normalized spacial score (nSPS) is 36.7. The first-order valence-corrected chi connectivity index (χ1v) is 12.4. The number of aliphatic hydroxyl groups is 3.